The van der Waals surface area contributed by atoms with E-state index in [4.69, 9.17) is 16.3 Å². The molecule has 0 spiro atoms. The van der Waals surface area contributed by atoms with Gasteiger partial charge in [-0.25, -0.2) is 0 Å². The van der Waals surface area contributed by atoms with E-state index in [-0.39, 0.29) is 16.7 Å². The Morgan fingerprint density at radius 2 is 1.92 bits per heavy atom. The summed E-state index contributed by atoms with van der Waals surface area (Å²) in [6, 6.07) is 8.04. The van der Waals surface area contributed by atoms with Gasteiger partial charge in [0.25, 0.3) is 0 Å². The molecule has 1 saturated heterocycles. The number of ether oxygens (including phenoxy) is 1. The van der Waals surface area contributed by atoms with Gasteiger partial charge in [0, 0.05) is 29.4 Å². The fourth-order valence-corrected chi connectivity index (χ4v) is 3.37. The average Bonchev–Trinajstić information content (AvgIpc) is 2.55. The van der Waals surface area contributed by atoms with Gasteiger partial charge in [-0.05, 0) is 17.7 Å². The number of hydrogen-bond acceptors (Lipinski definition) is 4. The van der Waals surface area contributed by atoms with Gasteiger partial charge in [-0.15, -0.1) is 11.8 Å². The molecule has 1 fully saturated rings. The number of carbonyl (C=O) groups is 1. The zero-order chi connectivity index (χ0) is 17.6. The zero-order valence-corrected chi connectivity index (χ0v) is 16.3. The van der Waals surface area contributed by atoms with Gasteiger partial charge < -0.3 is 10.1 Å². The van der Waals surface area contributed by atoms with Gasteiger partial charge in [0.1, 0.15) is 0 Å². The van der Waals surface area contributed by atoms with Gasteiger partial charge in [0.05, 0.1) is 25.0 Å². The smallest absolute Gasteiger partial charge is 0.230 e. The van der Waals surface area contributed by atoms with Gasteiger partial charge in [-0.3, -0.25) is 9.69 Å². The van der Waals surface area contributed by atoms with Crippen molar-refractivity contribution in [3.63, 3.8) is 0 Å². The molecule has 0 bridgehead atoms. The fraction of sp³-hybridized carbons (Fsp3) is 0.611. The van der Waals surface area contributed by atoms with E-state index in [1.165, 1.54) is 5.56 Å². The minimum absolute atomic E-state index is 0.0853. The molecule has 1 unspecified atom stereocenters. The lowest BCUT2D eigenvalue weighted by atomic mass is 10.0. The number of morpholine rings is 1. The topological polar surface area (TPSA) is 41.6 Å². The Hall–Kier alpha value is -0.750. The van der Waals surface area contributed by atoms with E-state index in [1.807, 2.05) is 24.3 Å². The van der Waals surface area contributed by atoms with Crippen LogP contribution in [0.2, 0.25) is 5.02 Å². The lowest BCUT2D eigenvalue weighted by molar-refractivity contribution is -0.118. The van der Waals surface area contributed by atoms with Crippen molar-refractivity contribution in [1.82, 2.24) is 10.2 Å². The summed E-state index contributed by atoms with van der Waals surface area (Å²) in [5, 5.41) is 3.82. The molecule has 0 aromatic heterocycles. The maximum absolute atomic E-state index is 12.2. The SMILES string of the molecule is CC(C)(C)SCC(=O)NCC(c1ccc(Cl)cc1)N1CCOCC1. The van der Waals surface area contributed by atoms with Crippen LogP contribution < -0.4 is 5.32 Å². The number of carbonyl (C=O) groups excluding carboxylic acids is 1. The predicted octanol–water partition coefficient (Wildman–Crippen LogP) is 3.36. The Kier molecular flexibility index (Phi) is 7.41. The average molecular weight is 371 g/mol. The van der Waals surface area contributed by atoms with Crippen molar-refractivity contribution >= 4 is 29.3 Å². The molecule has 1 heterocycles. The number of thioether (sulfide) groups is 1. The van der Waals surface area contributed by atoms with E-state index >= 15 is 0 Å². The third kappa shape index (κ3) is 6.63. The second-order valence-electron chi connectivity index (χ2n) is 6.92. The Morgan fingerprint density at radius 3 is 2.50 bits per heavy atom. The Labute approximate surface area is 154 Å². The first-order valence-electron chi connectivity index (χ1n) is 8.33. The van der Waals surface area contributed by atoms with Crippen LogP contribution in [0.4, 0.5) is 0 Å². The van der Waals surface area contributed by atoms with E-state index < -0.39 is 0 Å². The van der Waals surface area contributed by atoms with E-state index in [1.54, 1.807) is 11.8 Å². The molecule has 4 nitrogen and oxygen atoms in total. The summed E-state index contributed by atoms with van der Waals surface area (Å²) in [7, 11) is 0. The van der Waals surface area contributed by atoms with Crippen LogP contribution in [0.1, 0.15) is 32.4 Å². The number of halogens is 1. The third-order valence-corrected chi connectivity index (χ3v) is 5.39. The number of hydrogen-bond donors (Lipinski definition) is 1. The first-order chi connectivity index (χ1) is 11.3. The summed E-state index contributed by atoms with van der Waals surface area (Å²) in [4.78, 5) is 14.5. The summed E-state index contributed by atoms with van der Waals surface area (Å²) in [6.45, 7) is 10.2. The zero-order valence-electron chi connectivity index (χ0n) is 14.7. The second kappa shape index (κ2) is 9.09. The van der Waals surface area contributed by atoms with E-state index in [9.17, 15) is 4.79 Å². The van der Waals surface area contributed by atoms with Gasteiger partial charge in [0.15, 0.2) is 0 Å². The van der Waals surface area contributed by atoms with E-state index in [2.05, 4.69) is 31.0 Å². The molecule has 1 aliphatic heterocycles. The molecule has 1 amide bonds. The molecule has 2 rings (SSSR count). The normalized spacial score (nSPS) is 17.5. The van der Waals surface area contributed by atoms with Crippen LogP contribution in [0.25, 0.3) is 0 Å². The van der Waals surface area contributed by atoms with E-state index in [0.29, 0.717) is 12.3 Å². The molecule has 1 aromatic carbocycles. The highest BCUT2D eigenvalue weighted by atomic mass is 35.5. The van der Waals surface area contributed by atoms with Crippen molar-refractivity contribution < 1.29 is 9.53 Å². The lowest BCUT2D eigenvalue weighted by Crippen LogP contribution is -2.44. The maximum Gasteiger partial charge on any atom is 0.230 e. The summed E-state index contributed by atoms with van der Waals surface area (Å²) >= 11 is 7.67. The molecule has 1 aliphatic rings. The summed E-state index contributed by atoms with van der Waals surface area (Å²) < 4.78 is 5.55. The van der Waals surface area contributed by atoms with Crippen molar-refractivity contribution in [3.8, 4) is 0 Å². The van der Waals surface area contributed by atoms with Gasteiger partial charge in [-0.2, -0.15) is 0 Å². The van der Waals surface area contributed by atoms with Crippen LogP contribution in [-0.4, -0.2) is 54.2 Å². The van der Waals surface area contributed by atoms with Crippen LogP contribution in [0.3, 0.4) is 0 Å². The van der Waals surface area contributed by atoms with Gasteiger partial charge in [-0.1, -0.05) is 44.5 Å². The van der Waals surface area contributed by atoms with Crippen LogP contribution in [-0.2, 0) is 9.53 Å². The maximum atomic E-state index is 12.2. The summed E-state index contributed by atoms with van der Waals surface area (Å²) in [5.74, 6) is 0.571. The molecule has 0 saturated carbocycles. The number of nitrogens with zero attached hydrogens (tertiary/aromatic N) is 1. The minimum atomic E-state index is 0.0853. The molecule has 24 heavy (non-hydrogen) atoms. The molecule has 1 aromatic rings. The quantitative estimate of drug-likeness (QED) is 0.833. The first-order valence-corrected chi connectivity index (χ1v) is 9.69. The monoisotopic (exact) mass is 370 g/mol. The Morgan fingerprint density at radius 1 is 1.29 bits per heavy atom. The first kappa shape index (κ1) is 19.6. The number of nitrogens with one attached hydrogen (secondary N) is 1. The number of amides is 1. The third-order valence-electron chi connectivity index (χ3n) is 3.87. The van der Waals surface area contributed by atoms with Crippen molar-refractivity contribution in [2.45, 2.75) is 31.6 Å². The van der Waals surface area contributed by atoms with Crippen LogP contribution in [0.15, 0.2) is 24.3 Å². The van der Waals surface area contributed by atoms with E-state index in [0.717, 1.165) is 31.3 Å². The number of benzene rings is 1. The molecular weight excluding hydrogens is 344 g/mol. The summed E-state index contributed by atoms with van der Waals surface area (Å²) in [5.41, 5.74) is 1.17. The molecule has 0 radical (unpaired) electrons. The Bertz CT molecular complexity index is 525. The Balaban J connectivity index is 1.98. The highest BCUT2D eigenvalue weighted by molar-refractivity contribution is 8.01. The van der Waals surface area contributed by atoms with Gasteiger partial charge in [0.2, 0.25) is 5.91 Å². The van der Waals surface area contributed by atoms with Crippen molar-refractivity contribution in [2.75, 3.05) is 38.6 Å². The molecule has 1 atom stereocenters. The predicted molar refractivity (Wildman–Crippen MR) is 102 cm³/mol. The minimum Gasteiger partial charge on any atom is -0.379 e. The van der Waals surface area contributed by atoms with Crippen LogP contribution >= 0.6 is 23.4 Å². The van der Waals surface area contributed by atoms with Crippen molar-refractivity contribution in [2.24, 2.45) is 0 Å². The standard InChI is InChI=1S/C18H27ClN2O2S/c1-18(2,3)24-13-17(22)20-12-16(21-8-10-23-11-9-21)14-4-6-15(19)7-5-14/h4-7,16H,8-13H2,1-3H3,(H,20,22). The second-order valence-corrected chi connectivity index (χ2v) is 9.16. The highest BCUT2D eigenvalue weighted by Gasteiger charge is 2.23. The highest BCUT2D eigenvalue weighted by Crippen LogP contribution is 2.24. The number of rotatable bonds is 6. The molecule has 1 N–H and O–H groups in total. The fourth-order valence-electron chi connectivity index (χ4n) is 2.58. The largest absolute Gasteiger partial charge is 0.379 e. The summed E-state index contributed by atoms with van der Waals surface area (Å²) in [6.07, 6.45) is 0. The van der Waals surface area contributed by atoms with Crippen molar-refractivity contribution in [3.05, 3.63) is 34.9 Å². The molecule has 0 aliphatic carbocycles. The van der Waals surface area contributed by atoms with Crippen LogP contribution in [0.5, 0.6) is 0 Å². The van der Waals surface area contributed by atoms with Crippen LogP contribution in [0, 0.1) is 0 Å². The lowest BCUT2D eigenvalue weighted by Gasteiger charge is -2.35. The molecular formula is C18H27ClN2O2S. The van der Waals surface area contributed by atoms with Gasteiger partial charge >= 0.3 is 0 Å². The molecule has 134 valence electrons. The molecule has 6 heteroatoms. The van der Waals surface area contributed by atoms with Crippen molar-refractivity contribution in [1.29, 1.82) is 0 Å².